The van der Waals surface area contributed by atoms with E-state index in [1.54, 1.807) is 7.11 Å². The molecule has 1 fully saturated rings. The molecule has 1 aliphatic rings. The van der Waals surface area contributed by atoms with Gasteiger partial charge in [-0.1, -0.05) is 26.0 Å². The summed E-state index contributed by atoms with van der Waals surface area (Å²) in [7, 11) is 1.67. The van der Waals surface area contributed by atoms with E-state index in [0.717, 1.165) is 23.5 Å². The standard InChI is InChI=1S/C14H21NO2/c1-5-17-11-8-6-7-10(12(11)16-4)14(15)9-13(14,2)3/h6-8H,5,9,15H2,1-4H3. The summed E-state index contributed by atoms with van der Waals surface area (Å²) in [6.07, 6.45) is 0.978. The summed E-state index contributed by atoms with van der Waals surface area (Å²) in [6, 6.07) is 5.94. The molecule has 17 heavy (non-hydrogen) atoms. The maximum absolute atomic E-state index is 6.45. The summed E-state index contributed by atoms with van der Waals surface area (Å²) in [5.74, 6) is 1.56. The van der Waals surface area contributed by atoms with Crippen LogP contribution in [-0.4, -0.2) is 13.7 Å². The van der Waals surface area contributed by atoms with Gasteiger partial charge in [0.25, 0.3) is 0 Å². The molecule has 0 aliphatic heterocycles. The molecule has 94 valence electrons. The van der Waals surface area contributed by atoms with Gasteiger partial charge < -0.3 is 15.2 Å². The minimum absolute atomic E-state index is 0.130. The van der Waals surface area contributed by atoms with Crippen LogP contribution in [0, 0.1) is 5.41 Å². The van der Waals surface area contributed by atoms with Crippen LogP contribution in [0.2, 0.25) is 0 Å². The van der Waals surface area contributed by atoms with Crippen molar-refractivity contribution in [2.75, 3.05) is 13.7 Å². The summed E-state index contributed by atoms with van der Waals surface area (Å²) in [5, 5.41) is 0. The molecule has 1 aliphatic carbocycles. The van der Waals surface area contributed by atoms with Crippen LogP contribution in [0.4, 0.5) is 0 Å². The predicted molar refractivity (Wildman–Crippen MR) is 68.4 cm³/mol. The second-order valence-electron chi connectivity index (χ2n) is 5.30. The van der Waals surface area contributed by atoms with E-state index in [1.807, 2.05) is 25.1 Å². The van der Waals surface area contributed by atoms with E-state index in [4.69, 9.17) is 15.2 Å². The normalized spacial score (nSPS) is 25.5. The highest BCUT2D eigenvalue weighted by Crippen LogP contribution is 2.62. The maximum Gasteiger partial charge on any atom is 0.165 e. The van der Waals surface area contributed by atoms with Gasteiger partial charge in [0, 0.05) is 5.56 Å². The highest BCUT2D eigenvalue weighted by Gasteiger charge is 2.60. The van der Waals surface area contributed by atoms with Gasteiger partial charge in [-0.25, -0.2) is 0 Å². The molecule has 0 saturated heterocycles. The van der Waals surface area contributed by atoms with Crippen LogP contribution in [0.3, 0.4) is 0 Å². The Labute approximate surface area is 103 Å². The van der Waals surface area contributed by atoms with Gasteiger partial charge in [-0.3, -0.25) is 0 Å². The molecular formula is C14H21NO2. The summed E-state index contributed by atoms with van der Waals surface area (Å²) in [4.78, 5) is 0. The average molecular weight is 235 g/mol. The first-order chi connectivity index (χ1) is 7.96. The number of benzene rings is 1. The van der Waals surface area contributed by atoms with Gasteiger partial charge in [-0.05, 0) is 24.8 Å². The smallest absolute Gasteiger partial charge is 0.165 e. The zero-order valence-corrected chi connectivity index (χ0v) is 11.0. The third-order valence-electron chi connectivity index (χ3n) is 3.77. The first kappa shape index (κ1) is 12.2. The first-order valence-electron chi connectivity index (χ1n) is 6.05. The van der Waals surface area contributed by atoms with E-state index in [-0.39, 0.29) is 11.0 Å². The number of hydrogen-bond acceptors (Lipinski definition) is 3. The Bertz CT molecular complexity index is 428. The highest BCUT2D eigenvalue weighted by molar-refractivity contribution is 5.53. The molecule has 0 spiro atoms. The molecule has 3 heteroatoms. The minimum Gasteiger partial charge on any atom is -0.493 e. The Kier molecular flexibility index (Phi) is 2.82. The molecular weight excluding hydrogens is 214 g/mol. The largest absolute Gasteiger partial charge is 0.493 e. The Hall–Kier alpha value is -1.22. The Morgan fingerprint density at radius 1 is 1.35 bits per heavy atom. The molecule has 0 radical (unpaired) electrons. The fourth-order valence-corrected chi connectivity index (χ4v) is 2.46. The number of para-hydroxylation sites is 1. The van der Waals surface area contributed by atoms with Gasteiger partial charge in [0.15, 0.2) is 11.5 Å². The predicted octanol–water partition coefficient (Wildman–Crippen LogP) is 2.68. The topological polar surface area (TPSA) is 44.5 Å². The number of rotatable bonds is 4. The fourth-order valence-electron chi connectivity index (χ4n) is 2.46. The van der Waals surface area contributed by atoms with Crippen molar-refractivity contribution in [2.24, 2.45) is 11.1 Å². The number of hydrogen-bond donors (Lipinski definition) is 1. The SMILES string of the molecule is CCOc1cccc(C2(N)CC2(C)C)c1OC. The van der Waals surface area contributed by atoms with Crippen molar-refractivity contribution in [3.05, 3.63) is 23.8 Å². The van der Waals surface area contributed by atoms with Crippen LogP contribution in [0.25, 0.3) is 0 Å². The maximum atomic E-state index is 6.45. The Balaban J connectivity index is 2.45. The van der Waals surface area contributed by atoms with Crippen molar-refractivity contribution in [3.8, 4) is 11.5 Å². The van der Waals surface area contributed by atoms with Crippen LogP contribution >= 0.6 is 0 Å². The van der Waals surface area contributed by atoms with E-state index in [1.165, 1.54) is 0 Å². The van der Waals surface area contributed by atoms with Gasteiger partial charge in [-0.15, -0.1) is 0 Å². The van der Waals surface area contributed by atoms with Crippen LogP contribution in [-0.2, 0) is 5.54 Å². The first-order valence-corrected chi connectivity index (χ1v) is 6.05. The lowest BCUT2D eigenvalue weighted by molar-refractivity contribution is 0.306. The van der Waals surface area contributed by atoms with Crippen molar-refractivity contribution in [1.82, 2.24) is 0 Å². The quantitative estimate of drug-likeness (QED) is 0.872. The molecule has 0 amide bonds. The van der Waals surface area contributed by atoms with Crippen LogP contribution < -0.4 is 15.2 Å². The summed E-state index contributed by atoms with van der Waals surface area (Å²) >= 11 is 0. The van der Waals surface area contributed by atoms with Crippen molar-refractivity contribution in [1.29, 1.82) is 0 Å². The van der Waals surface area contributed by atoms with Gasteiger partial charge in [0.1, 0.15) is 0 Å². The van der Waals surface area contributed by atoms with Gasteiger partial charge in [0.05, 0.1) is 19.3 Å². The van der Waals surface area contributed by atoms with E-state index < -0.39 is 0 Å². The van der Waals surface area contributed by atoms with Crippen molar-refractivity contribution >= 4 is 0 Å². The monoisotopic (exact) mass is 235 g/mol. The van der Waals surface area contributed by atoms with E-state index in [0.29, 0.717) is 6.61 Å². The molecule has 3 nitrogen and oxygen atoms in total. The average Bonchev–Trinajstić information content (AvgIpc) is 2.79. The molecule has 1 saturated carbocycles. The fraction of sp³-hybridized carbons (Fsp3) is 0.571. The Morgan fingerprint density at radius 2 is 2.00 bits per heavy atom. The second kappa shape index (κ2) is 3.91. The minimum atomic E-state index is -0.286. The zero-order valence-electron chi connectivity index (χ0n) is 11.0. The highest BCUT2D eigenvalue weighted by atomic mass is 16.5. The summed E-state index contributed by atoms with van der Waals surface area (Å²) in [5.41, 5.74) is 7.35. The number of ether oxygens (including phenoxy) is 2. The molecule has 1 atom stereocenters. The van der Waals surface area contributed by atoms with E-state index in [2.05, 4.69) is 13.8 Å². The van der Waals surface area contributed by atoms with Gasteiger partial charge >= 0.3 is 0 Å². The second-order valence-corrected chi connectivity index (χ2v) is 5.30. The number of nitrogens with two attached hydrogens (primary N) is 1. The molecule has 1 aromatic carbocycles. The lowest BCUT2D eigenvalue weighted by Crippen LogP contribution is -2.26. The molecule has 0 heterocycles. The van der Waals surface area contributed by atoms with Crippen molar-refractivity contribution < 1.29 is 9.47 Å². The third kappa shape index (κ3) is 1.78. The van der Waals surface area contributed by atoms with E-state index >= 15 is 0 Å². The van der Waals surface area contributed by atoms with Crippen LogP contribution in [0.15, 0.2) is 18.2 Å². The van der Waals surface area contributed by atoms with Crippen LogP contribution in [0.1, 0.15) is 32.8 Å². The number of methoxy groups -OCH3 is 1. The lowest BCUT2D eigenvalue weighted by atomic mass is 9.96. The van der Waals surface area contributed by atoms with Crippen LogP contribution in [0.5, 0.6) is 11.5 Å². The Morgan fingerprint density at radius 3 is 2.47 bits per heavy atom. The molecule has 0 bridgehead atoms. The zero-order chi connectivity index (χ0) is 12.7. The molecule has 0 aromatic heterocycles. The summed E-state index contributed by atoms with van der Waals surface area (Å²) in [6.45, 7) is 6.95. The molecule has 2 rings (SSSR count). The molecule has 1 aromatic rings. The van der Waals surface area contributed by atoms with Crippen molar-refractivity contribution in [2.45, 2.75) is 32.7 Å². The lowest BCUT2D eigenvalue weighted by Gasteiger charge is -2.20. The molecule has 1 unspecified atom stereocenters. The summed E-state index contributed by atoms with van der Waals surface area (Å²) < 4.78 is 11.1. The van der Waals surface area contributed by atoms with Gasteiger partial charge in [0.2, 0.25) is 0 Å². The van der Waals surface area contributed by atoms with E-state index in [9.17, 15) is 0 Å². The van der Waals surface area contributed by atoms with Crippen molar-refractivity contribution in [3.63, 3.8) is 0 Å². The third-order valence-corrected chi connectivity index (χ3v) is 3.77. The molecule has 2 N–H and O–H groups in total. The van der Waals surface area contributed by atoms with Gasteiger partial charge in [-0.2, -0.15) is 0 Å².